The van der Waals surface area contributed by atoms with Gasteiger partial charge in [-0.15, -0.1) is 0 Å². The van der Waals surface area contributed by atoms with Crippen LogP contribution in [0.25, 0.3) is 11.3 Å². The van der Waals surface area contributed by atoms with Gasteiger partial charge < -0.3 is 14.4 Å². The quantitative estimate of drug-likeness (QED) is 0.629. The Morgan fingerprint density at radius 1 is 1.13 bits per heavy atom. The SMILES string of the molecule is COc1cccc(-c2cc(C(=O)N3CCC[C@@H](Oc4nc(C)cc(C)n4)C3)n(C)n2)c1. The van der Waals surface area contributed by atoms with E-state index >= 15 is 0 Å². The lowest BCUT2D eigenvalue weighted by molar-refractivity contribution is 0.0505. The molecule has 1 fully saturated rings. The minimum absolute atomic E-state index is 0.0567. The molecule has 0 unspecified atom stereocenters. The summed E-state index contributed by atoms with van der Waals surface area (Å²) in [5, 5.41) is 4.54. The third-order valence-corrected chi connectivity index (χ3v) is 5.36. The summed E-state index contributed by atoms with van der Waals surface area (Å²) in [6.07, 6.45) is 1.59. The minimum Gasteiger partial charge on any atom is -0.497 e. The molecule has 1 atom stereocenters. The maximum atomic E-state index is 13.2. The minimum atomic E-state index is -0.134. The van der Waals surface area contributed by atoms with Gasteiger partial charge in [-0.2, -0.15) is 5.10 Å². The van der Waals surface area contributed by atoms with E-state index in [1.54, 1.807) is 18.8 Å². The van der Waals surface area contributed by atoms with E-state index in [1.165, 1.54) is 0 Å². The van der Waals surface area contributed by atoms with Crippen LogP contribution in [0, 0.1) is 13.8 Å². The van der Waals surface area contributed by atoms with Crippen LogP contribution in [0.5, 0.6) is 11.8 Å². The van der Waals surface area contributed by atoms with Gasteiger partial charge >= 0.3 is 6.01 Å². The molecule has 1 aliphatic heterocycles. The molecule has 4 rings (SSSR count). The predicted molar refractivity (Wildman–Crippen MR) is 116 cm³/mol. The van der Waals surface area contributed by atoms with Crippen LogP contribution in [-0.4, -0.2) is 56.9 Å². The van der Waals surface area contributed by atoms with Gasteiger partial charge in [-0.25, -0.2) is 9.97 Å². The van der Waals surface area contributed by atoms with Gasteiger partial charge in [0.1, 0.15) is 17.5 Å². The summed E-state index contributed by atoms with van der Waals surface area (Å²) in [6.45, 7) is 5.02. The monoisotopic (exact) mass is 421 g/mol. The number of hydrogen-bond acceptors (Lipinski definition) is 6. The Morgan fingerprint density at radius 2 is 1.90 bits per heavy atom. The van der Waals surface area contributed by atoms with Gasteiger partial charge in [-0.1, -0.05) is 12.1 Å². The second-order valence-corrected chi connectivity index (χ2v) is 7.84. The highest BCUT2D eigenvalue weighted by Gasteiger charge is 2.28. The highest BCUT2D eigenvalue weighted by Crippen LogP contribution is 2.25. The Hall–Kier alpha value is -3.42. The summed E-state index contributed by atoms with van der Waals surface area (Å²) < 4.78 is 12.9. The number of nitrogens with zero attached hydrogens (tertiary/aromatic N) is 5. The molecule has 3 heterocycles. The molecule has 3 aromatic rings. The summed E-state index contributed by atoms with van der Waals surface area (Å²) in [7, 11) is 3.42. The zero-order chi connectivity index (χ0) is 22.0. The highest BCUT2D eigenvalue weighted by atomic mass is 16.5. The number of carbonyl (C=O) groups excluding carboxylic acids is 1. The fourth-order valence-electron chi connectivity index (χ4n) is 3.87. The second-order valence-electron chi connectivity index (χ2n) is 7.84. The molecule has 8 nitrogen and oxygen atoms in total. The molecular weight excluding hydrogens is 394 g/mol. The van der Waals surface area contributed by atoms with Gasteiger partial charge in [-0.3, -0.25) is 9.48 Å². The van der Waals surface area contributed by atoms with Crippen LogP contribution >= 0.6 is 0 Å². The van der Waals surface area contributed by atoms with Crippen LogP contribution in [0.3, 0.4) is 0 Å². The van der Waals surface area contributed by atoms with E-state index in [4.69, 9.17) is 9.47 Å². The van der Waals surface area contributed by atoms with Crippen molar-refractivity contribution in [2.45, 2.75) is 32.8 Å². The Bertz CT molecular complexity index is 1070. The number of hydrogen-bond donors (Lipinski definition) is 0. The largest absolute Gasteiger partial charge is 0.497 e. The lowest BCUT2D eigenvalue weighted by atomic mass is 10.1. The number of likely N-dealkylation sites (tertiary alicyclic amines) is 1. The molecule has 8 heteroatoms. The van der Waals surface area contributed by atoms with Crippen LogP contribution in [0.15, 0.2) is 36.4 Å². The number of rotatable bonds is 5. The Labute approximate surface area is 181 Å². The Balaban J connectivity index is 1.49. The fraction of sp³-hybridized carbons (Fsp3) is 0.391. The van der Waals surface area contributed by atoms with E-state index in [1.807, 2.05) is 55.1 Å². The first kappa shape index (κ1) is 20.8. The second kappa shape index (κ2) is 8.75. The van der Waals surface area contributed by atoms with Gasteiger partial charge in [0.25, 0.3) is 5.91 Å². The molecule has 1 saturated heterocycles. The maximum Gasteiger partial charge on any atom is 0.317 e. The zero-order valence-electron chi connectivity index (χ0n) is 18.3. The molecule has 1 aromatic carbocycles. The number of amides is 1. The van der Waals surface area contributed by atoms with Crippen molar-refractivity contribution in [2.75, 3.05) is 20.2 Å². The molecule has 0 radical (unpaired) electrons. The molecule has 0 N–H and O–H groups in total. The molecule has 162 valence electrons. The smallest absolute Gasteiger partial charge is 0.317 e. The van der Waals surface area contributed by atoms with Crippen molar-refractivity contribution in [1.82, 2.24) is 24.6 Å². The van der Waals surface area contributed by atoms with Crippen molar-refractivity contribution >= 4 is 5.91 Å². The summed E-state index contributed by atoms with van der Waals surface area (Å²) in [4.78, 5) is 23.8. The first-order chi connectivity index (χ1) is 14.9. The zero-order valence-corrected chi connectivity index (χ0v) is 18.3. The summed E-state index contributed by atoms with van der Waals surface area (Å²) in [6, 6.07) is 11.8. The topological polar surface area (TPSA) is 82.4 Å². The molecule has 2 aromatic heterocycles. The third-order valence-electron chi connectivity index (χ3n) is 5.36. The van der Waals surface area contributed by atoms with Crippen molar-refractivity contribution in [2.24, 2.45) is 7.05 Å². The molecule has 0 saturated carbocycles. The first-order valence-corrected chi connectivity index (χ1v) is 10.4. The molecule has 1 aliphatic rings. The highest BCUT2D eigenvalue weighted by molar-refractivity contribution is 5.93. The van der Waals surface area contributed by atoms with Crippen LogP contribution in [0.1, 0.15) is 34.7 Å². The van der Waals surface area contributed by atoms with Crippen LogP contribution in [0.4, 0.5) is 0 Å². The number of methoxy groups -OCH3 is 1. The van der Waals surface area contributed by atoms with Crippen LogP contribution < -0.4 is 9.47 Å². The summed E-state index contributed by atoms with van der Waals surface area (Å²) in [5.74, 6) is 0.694. The van der Waals surface area contributed by atoms with Gasteiger partial charge in [0, 0.05) is 30.5 Å². The van der Waals surface area contributed by atoms with Crippen molar-refractivity contribution in [1.29, 1.82) is 0 Å². The summed E-state index contributed by atoms with van der Waals surface area (Å²) in [5.41, 5.74) is 3.91. The van der Waals surface area contributed by atoms with Gasteiger partial charge in [-0.05, 0) is 51.0 Å². The lowest BCUT2D eigenvalue weighted by Crippen LogP contribution is -2.45. The number of piperidine rings is 1. The molecule has 0 bridgehead atoms. The average molecular weight is 422 g/mol. The van der Waals surface area contributed by atoms with E-state index in [0.717, 1.165) is 41.2 Å². The van der Waals surface area contributed by atoms with E-state index in [2.05, 4.69) is 15.1 Å². The van der Waals surface area contributed by atoms with E-state index in [9.17, 15) is 4.79 Å². The average Bonchev–Trinajstić information content (AvgIpc) is 3.14. The predicted octanol–water partition coefficient (Wildman–Crippen LogP) is 3.19. The van der Waals surface area contributed by atoms with Gasteiger partial charge in [0.05, 0.1) is 19.3 Å². The number of ether oxygens (including phenoxy) is 2. The normalized spacial score (nSPS) is 16.3. The molecule has 31 heavy (non-hydrogen) atoms. The van der Waals surface area contributed by atoms with E-state index in [0.29, 0.717) is 24.8 Å². The molecule has 0 spiro atoms. The first-order valence-electron chi connectivity index (χ1n) is 10.4. The molecular formula is C23H27N5O3. The van der Waals surface area contributed by atoms with Crippen LogP contribution in [0.2, 0.25) is 0 Å². The van der Waals surface area contributed by atoms with Crippen molar-refractivity contribution in [3.8, 4) is 23.0 Å². The van der Waals surface area contributed by atoms with E-state index in [-0.39, 0.29) is 12.0 Å². The number of carbonyl (C=O) groups is 1. The third kappa shape index (κ3) is 4.68. The van der Waals surface area contributed by atoms with Gasteiger partial charge in [0.2, 0.25) is 0 Å². The number of benzene rings is 1. The van der Waals surface area contributed by atoms with Crippen molar-refractivity contribution < 1.29 is 14.3 Å². The molecule has 0 aliphatic carbocycles. The summed E-state index contributed by atoms with van der Waals surface area (Å²) >= 11 is 0. The van der Waals surface area contributed by atoms with Crippen molar-refractivity contribution in [3.63, 3.8) is 0 Å². The standard InChI is InChI=1S/C23H27N5O3/c1-15-11-16(2)25-23(24-15)31-19-9-6-10-28(14-19)22(29)21-13-20(26-27(21)3)17-7-5-8-18(12-17)30-4/h5,7-8,11-13,19H,6,9-10,14H2,1-4H3/t19-/m1/s1. The van der Waals surface area contributed by atoms with Crippen LogP contribution in [-0.2, 0) is 7.05 Å². The number of aryl methyl sites for hydroxylation is 3. The number of aromatic nitrogens is 4. The molecule has 1 amide bonds. The Morgan fingerprint density at radius 3 is 2.65 bits per heavy atom. The Kier molecular flexibility index (Phi) is 5.88. The van der Waals surface area contributed by atoms with Gasteiger partial charge in [0.15, 0.2) is 0 Å². The lowest BCUT2D eigenvalue weighted by Gasteiger charge is -2.32. The van der Waals surface area contributed by atoms with Crippen molar-refractivity contribution in [3.05, 3.63) is 53.5 Å². The van der Waals surface area contributed by atoms with E-state index < -0.39 is 0 Å². The fourth-order valence-corrected chi connectivity index (χ4v) is 3.87. The maximum absolute atomic E-state index is 13.2.